The number of amides is 1. The molecule has 1 aromatic carbocycles. The Balaban J connectivity index is 1.72. The minimum absolute atomic E-state index is 0.383. The third-order valence-corrected chi connectivity index (χ3v) is 4.11. The number of hydrogen-bond donors (Lipinski definition) is 1. The number of fused-ring (bicyclic) bond motifs is 3. The van der Waals surface area contributed by atoms with Gasteiger partial charge in [-0.2, -0.15) is 0 Å². The normalized spacial score (nSPS) is 14.2. The molecule has 0 fully saturated rings. The Morgan fingerprint density at radius 2 is 1.92 bits per heavy atom. The van der Waals surface area contributed by atoms with E-state index in [2.05, 4.69) is 23.2 Å². The molecule has 3 aromatic rings. The maximum Gasteiger partial charge on any atom is 0.246 e. The van der Waals surface area contributed by atoms with Gasteiger partial charge in [0.25, 0.3) is 0 Å². The number of nitrogens with zero attached hydrogens (tertiary/aromatic N) is 3. The molecule has 1 aliphatic rings. The van der Waals surface area contributed by atoms with E-state index in [4.69, 9.17) is 10.7 Å². The van der Waals surface area contributed by atoms with Gasteiger partial charge in [-0.1, -0.05) is 30.3 Å². The summed E-state index contributed by atoms with van der Waals surface area (Å²) in [4.78, 5) is 22.5. The second-order valence-electron chi connectivity index (χ2n) is 5.79. The molecule has 24 heavy (non-hydrogen) atoms. The third-order valence-electron chi connectivity index (χ3n) is 4.11. The summed E-state index contributed by atoms with van der Waals surface area (Å²) < 4.78 is 0. The highest BCUT2D eigenvalue weighted by Crippen LogP contribution is 2.23. The van der Waals surface area contributed by atoms with Gasteiger partial charge in [-0.25, -0.2) is 4.98 Å². The van der Waals surface area contributed by atoms with Crippen molar-refractivity contribution in [1.82, 2.24) is 14.9 Å². The number of benzene rings is 1. The van der Waals surface area contributed by atoms with Gasteiger partial charge in [-0.15, -0.1) is 0 Å². The highest BCUT2D eigenvalue weighted by Gasteiger charge is 2.11. The van der Waals surface area contributed by atoms with E-state index >= 15 is 0 Å². The molecule has 0 saturated heterocycles. The van der Waals surface area contributed by atoms with E-state index in [9.17, 15) is 4.79 Å². The molecule has 1 amide bonds. The average molecular weight is 316 g/mol. The second-order valence-corrected chi connectivity index (χ2v) is 5.79. The maximum atomic E-state index is 11.3. The molecule has 0 atom stereocenters. The average Bonchev–Trinajstić information content (AvgIpc) is 2.62. The van der Waals surface area contributed by atoms with Crippen molar-refractivity contribution in [1.29, 1.82) is 0 Å². The Hall–Kier alpha value is -3.21. The van der Waals surface area contributed by atoms with Crippen LogP contribution in [0.1, 0.15) is 12.1 Å². The Morgan fingerprint density at radius 1 is 1.12 bits per heavy atom. The van der Waals surface area contributed by atoms with E-state index in [0.717, 1.165) is 27.5 Å². The molecule has 5 nitrogen and oxygen atoms in total. The van der Waals surface area contributed by atoms with E-state index in [0.29, 0.717) is 18.5 Å². The van der Waals surface area contributed by atoms with Crippen LogP contribution in [0, 0.1) is 0 Å². The van der Waals surface area contributed by atoms with Crippen molar-refractivity contribution in [2.45, 2.75) is 13.0 Å². The number of carbonyl (C=O) groups is 1. The Bertz CT molecular complexity index is 1010. The lowest BCUT2D eigenvalue weighted by atomic mass is 10.1. The molecular weight excluding hydrogens is 300 g/mol. The lowest BCUT2D eigenvalue weighted by Gasteiger charge is -2.20. The molecule has 2 N–H and O–H groups in total. The Morgan fingerprint density at radius 3 is 2.75 bits per heavy atom. The molecule has 118 valence electrons. The van der Waals surface area contributed by atoms with Crippen LogP contribution < -0.4 is 5.73 Å². The van der Waals surface area contributed by atoms with Gasteiger partial charge in [0.15, 0.2) is 0 Å². The fourth-order valence-corrected chi connectivity index (χ4v) is 2.91. The monoisotopic (exact) mass is 316 g/mol. The van der Waals surface area contributed by atoms with Crippen LogP contribution in [-0.2, 0) is 11.3 Å². The van der Waals surface area contributed by atoms with Gasteiger partial charge in [0.05, 0.1) is 23.3 Å². The first kappa shape index (κ1) is 14.4. The summed E-state index contributed by atoms with van der Waals surface area (Å²) in [5.41, 5.74) is 8.68. The summed E-state index contributed by atoms with van der Waals surface area (Å²) in [5.74, 6) is -0.383. The standard InChI is InChI=1S/C19H16N4O/c20-19(24)15-4-2-10-23(11-15)12-16-8-7-14-6-5-13-3-1-9-21-17(13)18(14)22-16/h1-3,5-11H,4,12H2,(H2,20,24). The van der Waals surface area contributed by atoms with Gasteiger partial charge < -0.3 is 10.6 Å². The van der Waals surface area contributed by atoms with Crippen LogP contribution in [-0.4, -0.2) is 20.8 Å². The molecule has 0 aliphatic carbocycles. The van der Waals surface area contributed by atoms with Crippen molar-refractivity contribution < 1.29 is 4.79 Å². The largest absolute Gasteiger partial charge is 0.366 e. The topological polar surface area (TPSA) is 72.1 Å². The molecule has 3 heterocycles. The molecule has 2 aromatic heterocycles. The van der Waals surface area contributed by atoms with Crippen LogP contribution in [0.25, 0.3) is 21.8 Å². The smallest absolute Gasteiger partial charge is 0.246 e. The number of nitrogens with two attached hydrogens (primary N) is 1. The highest BCUT2D eigenvalue weighted by atomic mass is 16.1. The first-order valence-electron chi connectivity index (χ1n) is 7.77. The van der Waals surface area contributed by atoms with Crippen molar-refractivity contribution in [3.63, 3.8) is 0 Å². The van der Waals surface area contributed by atoms with Gasteiger partial charge in [0.1, 0.15) is 0 Å². The van der Waals surface area contributed by atoms with Gasteiger partial charge in [0.2, 0.25) is 5.91 Å². The highest BCUT2D eigenvalue weighted by molar-refractivity contribution is 6.02. The van der Waals surface area contributed by atoms with Gasteiger partial charge in [-0.05, 0) is 18.6 Å². The van der Waals surface area contributed by atoms with Crippen molar-refractivity contribution >= 4 is 27.7 Å². The van der Waals surface area contributed by atoms with Crippen LogP contribution in [0.15, 0.2) is 66.6 Å². The molecule has 5 heteroatoms. The molecule has 0 spiro atoms. The first-order valence-corrected chi connectivity index (χ1v) is 7.77. The summed E-state index contributed by atoms with van der Waals surface area (Å²) in [6.45, 7) is 0.576. The SMILES string of the molecule is NC(=O)C1=CN(Cc2ccc3ccc4cccnc4c3n2)C=CC1. The molecule has 0 bridgehead atoms. The zero-order valence-corrected chi connectivity index (χ0v) is 13.0. The van der Waals surface area contributed by atoms with Gasteiger partial charge in [0, 0.05) is 34.9 Å². The van der Waals surface area contributed by atoms with Crippen molar-refractivity contribution in [3.8, 4) is 0 Å². The zero-order valence-electron chi connectivity index (χ0n) is 13.0. The molecule has 0 saturated carbocycles. The summed E-state index contributed by atoms with van der Waals surface area (Å²) >= 11 is 0. The third kappa shape index (κ3) is 2.60. The summed E-state index contributed by atoms with van der Waals surface area (Å²) in [7, 11) is 0. The fraction of sp³-hybridized carbons (Fsp3) is 0.105. The van der Waals surface area contributed by atoms with E-state index in [-0.39, 0.29) is 5.91 Å². The van der Waals surface area contributed by atoms with E-state index in [1.54, 1.807) is 12.4 Å². The molecule has 1 aliphatic heterocycles. The molecule has 0 radical (unpaired) electrons. The predicted octanol–water partition coefficient (Wildman–Crippen LogP) is 2.87. The molecule has 4 rings (SSSR count). The molecular formula is C19H16N4O. The van der Waals surface area contributed by atoms with E-state index < -0.39 is 0 Å². The van der Waals surface area contributed by atoms with Crippen molar-refractivity contribution in [2.24, 2.45) is 5.73 Å². The predicted molar refractivity (Wildman–Crippen MR) is 93.6 cm³/mol. The summed E-state index contributed by atoms with van der Waals surface area (Å²) in [6, 6.07) is 12.1. The van der Waals surface area contributed by atoms with Crippen molar-refractivity contribution in [3.05, 3.63) is 72.3 Å². The number of hydrogen-bond acceptors (Lipinski definition) is 4. The lowest BCUT2D eigenvalue weighted by molar-refractivity contribution is -0.114. The van der Waals surface area contributed by atoms with Crippen LogP contribution in [0.5, 0.6) is 0 Å². The van der Waals surface area contributed by atoms with Crippen molar-refractivity contribution in [2.75, 3.05) is 0 Å². The number of primary amides is 1. The van der Waals surface area contributed by atoms with Gasteiger partial charge in [-0.3, -0.25) is 9.78 Å². The number of pyridine rings is 2. The number of carbonyl (C=O) groups excluding carboxylic acids is 1. The minimum Gasteiger partial charge on any atom is -0.366 e. The fourth-order valence-electron chi connectivity index (χ4n) is 2.91. The van der Waals surface area contributed by atoms with E-state index in [1.165, 1.54) is 0 Å². The quantitative estimate of drug-likeness (QED) is 0.754. The number of aromatic nitrogens is 2. The molecule has 0 unspecified atom stereocenters. The van der Waals surface area contributed by atoms with E-state index in [1.807, 2.05) is 35.4 Å². The number of allylic oxidation sites excluding steroid dienone is 1. The lowest BCUT2D eigenvalue weighted by Crippen LogP contribution is -2.20. The Labute approximate surface area is 139 Å². The van der Waals surface area contributed by atoms with Crippen LogP contribution >= 0.6 is 0 Å². The summed E-state index contributed by atoms with van der Waals surface area (Å²) in [6.07, 6.45) is 8.02. The van der Waals surface area contributed by atoms with Crippen LogP contribution in [0.3, 0.4) is 0 Å². The first-order chi connectivity index (χ1) is 11.7. The second kappa shape index (κ2) is 5.77. The maximum absolute atomic E-state index is 11.3. The summed E-state index contributed by atoms with van der Waals surface area (Å²) in [5, 5.41) is 2.14. The zero-order chi connectivity index (χ0) is 16.5. The van der Waals surface area contributed by atoms with Crippen LogP contribution in [0.2, 0.25) is 0 Å². The number of rotatable bonds is 3. The Kier molecular flexibility index (Phi) is 3.46. The van der Waals surface area contributed by atoms with Gasteiger partial charge >= 0.3 is 0 Å². The minimum atomic E-state index is -0.383. The van der Waals surface area contributed by atoms with Crippen LogP contribution in [0.4, 0.5) is 0 Å².